The van der Waals surface area contributed by atoms with Crippen LogP contribution in [0.3, 0.4) is 0 Å². The molecule has 0 aromatic carbocycles. The fraction of sp³-hybridized carbons (Fsp3) is 0.400. The highest BCUT2D eigenvalue weighted by molar-refractivity contribution is 5.40. The molecule has 122 valence electrons. The van der Waals surface area contributed by atoms with Crippen LogP contribution >= 0.6 is 0 Å². The molecular formula is C15H16F3N5. The van der Waals surface area contributed by atoms with Crippen molar-refractivity contribution in [1.82, 2.24) is 15.2 Å². The van der Waals surface area contributed by atoms with Crippen LogP contribution in [-0.2, 0) is 6.18 Å². The largest absolute Gasteiger partial charge is 0.433 e. The Balaban J connectivity index is 1.59. The van der Waals surface area contributed by atoms with E-state index in [2.05, 4.69) is 25.4 Å². The highest BCUT2D eigenvalue weighted by atomic mass is 19.4. The number of pyridine rings is 1. The van der Waals surface area contributed by atoms with Crippen LogP contribution in [0.5, 0.6) is 0 Å². The summed E-state index contributed by atoms with van der Waals surface area (Å²) in [5, 5.41) is 11.0. The van der Waals surface area contributed by atoms with Crippen molar-refractivity contribution < 1.29 is 13.2 Å². The van der Waals surface area contributed by atoms with Crippen molar-refractivity contribution in [2.24, 2.45) is 0 Å². The fourth-order valence-electron chi connectivity index (χ4n) is 2.60. The van der Waals surface area contributed by atoms with Gasteiger partial charge in [-0.1, -0.05) is 6.07 Å². The Morgan fingerprint density at radius 2 is 1.87 bits per heavy atom. The molecule has 3 rings (SSSR count). The third kappa shape index (κ3) is 3.88. The molecule has 2 aromatic heterocycles. The first kappa shape index (κ1) is 15.5. The number of nitrogens with one attached hydrogen (secondary N) is 1. The summed E-state index contributed by atoms with van der Waals surface area (Å²) >= 11 is 0. The summed E-state index contributed by atoms with van der Waals surface area (Å²) in [4.78, 5) is 5.76. The van der Waals surface area contributed by atoms with E-state index in [1.807, 2.05) is 12.1 Å². The smallest absolute Gasteiger partial charge is 0.367 e. The zero-order valence-electron chi connectivity index (χ0n) is 12.3. The van der Waals surface area contributed by atoms with Crippen LogP contribution in [0.1, 0.15) is 18.5 Å². The summed E-state index contributed by atoms with van der Waals surface area (Å²) in [6.45, 7) is 1.55. The van der Waals surface area contributed by atoms with Crippen LogP contribution in [0.25, 0.3) is 0 Å². The SMILES string of the molecule is FC(F)(F)c1cccc(NC2CCN(c3cccnn3)CC2)n1. The molecule has 1 aliphatic rings. The van der Waals surface area contributed by atoms with Gasteiger partial charge in [0, 0.05) is 25.3 Å². The minimum Gasteiger partial charge on any atom is -0.367 e. The normalized spacial score (nSPS) is 16.4. The second-order valence-corrected chi connectivity index (χ2v) is 5.39. The molecule has 0 aliphatic carbocycles. The molecule has 1 fully saturated rings. The fourth-order valence-corrected chi connectivity index (χ4v) is 2.60. The number of aromatic nitrogens is 3. The maximum atomic E-state index is 12.7. The first-order valence-electron chi connectivity index (χ1n) is 7.36. The lowest BCUT2D eigenvalue weighted by Crippen LogP contribution is -2.39. The van der Waals surface area contributed by atoms with Gasteiger partial charge >= 0.3 is 6.18 Å². The van der Waals surface area contributed by atoms with Gasteiger partial charge in [-0.3, -0.25) is 0 Å². The Kier molecular flexibility index (Phi) is 4.31. The molecule has 1 saturated heterocycles. The van der Waals surface area contributed by atoms with E-state index in [1.165, 1.54) is 6.07 Å². The Morgan fingerprint density at radius 1 is 1.09 bits per heavy atom. The summed E-state index contributed by atoms with van der Waals surface area (Å²) < 4.78 is 38.0. The molecule has 0 saturated carbocycles. The van der Waals surface area contributed by atoms with E-state index >= 15 is 0 Å². The first-order chi connectivity index (χ1) is 11.0. The average Bonchev–Trinajstić information content (AvgIpc) is 2.56. The lowest BCUT2D eigenvalue weighted by Gasteiger charge is -2.33. The standard InChI is InChI=1S/C15H16F3N5/c16-15(17,18)12-3-1-4-13(21-12)20-11-6-9-23(10-7-11)14-5-2-8-19-22-14/h1-5,8,11H,6-7,9-10H2,(H,20,21). The van der Waals surface area contributed by atoms with Crippen LogP contribution in [0.2, 0.25) is 0 Å². The van der Waals surface area contributed by atoms with Gasteiger partial charge in [-0.15, -0.1) is 5.10 Å². The lowest BCUT2D eigenvalue weighted by atomic mass is 10.1. The second-order valence-electron chi connectivity index (χ2n) is 5.39. The van der Waals surface area contributed by atoms with E-state index in [0.29, 0.717) is 0 Å². The second kappa shape index (κ2) is 6.39. The number of rotatable bonds is 3. The lowest BCUT2D eigenvalue weighted by molar-refractivity contribution is -0.141. The number of alkyl halides is 3. The number of hydrogen-bond acceptors (Lipinski definition) is 5. The molecule has 1 aliphatic heterocycles. The van der Waals surface area contributed by atoms with E-state index in [4.69, 9.17) is 0 Å². The van der Waals surface area contributed by atoms with Crippen LogP contribution in [0.15, 0.2) is 36.5 Å². The van der Waals surface area contributed by atoms with Crippen LogP contribution in [0.4, 0.5) is 24.8 Å². The van der Waals surface area contributed by atoms with Gasteiger partial charge in [-0.2, -0.15) is 18.3 Å². The Hall–Kier alpha value is -2.38. The number of anilines is 2. The number of piperidine rings is 1. The topological polar surface area (TPSA) is 53.9 Å². The van der Waals surface area contributed by atoms with Crippen molar-refractivity contribution in [3.8, 4) is 0 Å². The van der Waals surface area contributed by atoms with Gasteiger partial charge in [0.25, 0.3) is 0 Å². The molecule has 0 spiro atoms. The summed E-state index contributed by atoms with van der Waals surface area (Å²) in [6, 6.07) is 7.73. The van der Waals surface area contributed by atoms with E-state index in [9.17, 15) is 13.2 Å². The first-order valence-corrected chi connectivity index (χ1v) is 7.36. The molecule has 0 bridgehead atoms. The Labute approximate surface area is 131 Å². The molecule has 2 aromatic rings. The predicted molar refractivity (Wildman–Crippen MR) is 80.1 cm³/mol. The summed E-state index contributed by atoms with van der Waals surface area (Å²) in [5.74, 6) is 1.08. The van der Waals surface area contributed by atoms with Crippen molar-refractivity contribution in [2.75, 3.05) is 23.3 Å². The number of nitrogens with zero attached hydrogens (tertiary/aromatic N) is 4. The maximum absolute atomic E-state index is 12.7. The summed E-state index contributed by atoms with van der Waals surface area (Å²) in [6.07, 6.45) is -1.20. The molecule has 0 atom stereocenters. The van der Waals surface area contributed by atoms with Crippen molar-refractivity contribution in [3.63, 3.8) is 0 Å². The molecule has 5 nitrogen and oxygen atoms in total. The van der Waals surface area contributed by atoms with Gasteiger partial charge in [-0.05, 0) is 37.1 Å². The highest BCUT2D eigenvalue weighted by Gasteiger charge is 2.32. The van der Waals surface area contributed by atoms with Crippen molar-refractivity contribution in [3.05, 3.63) is 42.2 Å². The van der Waals surface area contributed by atoms with Crippen molar-refractivity contribution in [2.45, 2.75) is 25.1 Å². The zero-order chi connectivity index (χ0) is 16.3. The van der Waals surface area contributed by atoms with Crippen LogP contribution in [0, 0.1) is 0 Å². The van der Waals surface area contributed by atoms with Crippen molar-refractivity contribution in [1.29, 1.82) is 0 Å². The summed E-state index contributed by atoms with van der Waals surface area (Å²) in [5.41, 5.74) is -0.875. The molecular weight excluding hydrogens is 307 g/mol. The third-order valence-electron chi connectivity index (χ3n) is 3.77. The minimum atomic E-state index is -4.42. The van der Waals surface area contributed by atoms with Crippen LogP contribution in [-0.4, -0.2) is 34.3 Å². The molecule has 23 heavy (non-hydrogen) atoms. The Bertz CT molecular complexity index is 639. The van der Waals surface area contributed by atoms with E-state index in [-0.39, 0.29) is 11.9 Å². The third-order valence-corrected chi connectivity index (χ3v) is 3.77. The van der Waals surface area contributed by atoms with Gasteiger partial charge in [0.05, 0.1) is 0 Å². The minimum absolute atomic E-state index is 0.0962. The average molecular weight is 323 g/mol. The number of halogens is 3. The van der Waals surface area contributed by atoms with Gasteiger partial charge < -0.3 is 10.2 Å². The maximum Gasteiger partial charge on any atom is 0.433 e. The van der Waals surface area contributed by atoms with Crippen LogP contribution < -0.4 is 10.2 Å². The monoisotopic (exact) mass is 323 g/mol. The van der Waals surface area contributed by atoms with E-state index in [1.54, 1.807) is 12.3 Å². The number of hydrogen-bond donors (Lipinski definition) is 1. The molecule has 1 N–H and O–H groups in total. The molecule has 0 radical (unpaired) electrons. The molecule has 0 amide bonds. The quantitative estimate of drug-likeness (QED) is 0.941. The van der Waals surface area contributed by atoms with Gasteiger partial charge in [0.1, 0.15) is 11.5 Å². The predicted octanol–water partition coefficient (Wildman–Crippen LogP) is 2.97. The Morgan fingerprint density at radius 3 is 2.52 bits per heavy atom. The molecule has 0 unspecified atom stereocenters. The van der Waals surface area contributed by atoms with Gasteiger partial charge in [0.2, 0.25) is 0 Å². The highest BCUT2D eigenvalue weighted by Crippen LogP contribution is 2.28. The van der Waals surface area contributed by atoms with Gasteiger partial charge in [-0.25, -0.2) is 4.98 Å². The van der Waals surface area contributed by atoms with Gasteiger partial charge in [0.15, 0.2) is 5.82 Å². The molecule has 8 heteroatoms. The zero-order valence-corrected chi connectivity index (χ0v) is 12.3. The van der Waals surface area contributed by atoms with Crippen molar-refractivity contribution >= 4 is 11.6 Å². The molecule has 3 heterocycles. The van der Waals surface area contributed by atoms with E-state index in [0.717, 1.165) is 37.8 Å². The summed E-state index contributed by atoms with van der Waals surface area (Å²) in [7, 11) is 0. The van der Waals surface area contributed by atoms with E-state index < -0.39 is 11.9 Å².